The Bertz CT molecular complexity index is 277. The van der Waals surface area contributed by atoms with Crippen LogP contribution >= 0.6 is 0 Å². The Hall–Kier alpha value is -0.960. The highest BCUT2D eigenvalue weighted by molar-refractivity contribution is 6.06. The molecule has 0 aliphatic rings. The van der Waals surface area contributed by atoms with Gasteiger partial charge in [0.15, 0.2) is 5.78 Å². The number of ether oxygens (including phenoxy) is 1. The maximum atomic E-state index is 12.1. The van der Waals surface area contributed by atoms with Crippen molar-refractivity contribution in [3.05, 3.63) is 12.7 Å². The molecule has 0 bridgehead atoms. The Morgan fingerprint density at radius 3 is 2.19 bits per heavy atom. The van der Waals surface area contributed by atoms with E-state index in [2.05, 4.69) is 6.58 Å². The summed E-state index contributed by atoms with van der Waals surface area (Å²) in [6.45, 7) is 10.5. The minimum Gasteiger partial charge on any atom is -0.371 e. The smallest absolute Gasteiger partial charge is 0.174 e. The van der Waals surface area contributed by atoms with Gasteiger partial charge >= 0.3 is 0 Å². The van der Waals surface area contributed by atoms with Crippen molar-refractivity contribution in [2.45, 2.75) is 39.7 Å². The summed E-state index contributed by atoms with van der Waals surface area (Å²) in [4.78, 5) is 24.1. The zero-order valence-corrected chi connectivity index (χ0v) is 10.9. The van der Waals surface area contributed by atoms with Crippen molar-refractivity contribution < 1.29 is 14.3 Å². The van der Waals surface area contributed by atoms with Gasteiger partial charge in [0.25, 0.3) is 0 Å². The van der Waals surface area contributed by atoms with Crippen molar-refractivity contribution in [3.63, 3.8) is 0 Å². The highest BCUT2D eigenvalue weighted by atomic mass is 16.5. The lowest BCUT2D eigenvalue weighted by Crippen LogP contribution is -2.42. The fourth-order valence-electron chi connectivity index (χ4n) is 1.44. The lowest BCUT2D eigenvalue weighted by atomic mass is 9.82. The lowest BCUT2D eigenvalue weighted by Gasteiger charge is -2.26. The average Bonchev–Trinajstić information content (AvgIpc) is 2.23. The summed E-state index contributed by atoms with van der Waals surface area (Å²) in [5.74, 6) is -1.00. The van der Waals surface area contributed by atoms with Crippen molar-refractivity contribution in [1.82, 2.24) is 0 Å². The van der Waals surface area contributed by atoms with E-state index in [1.807, 2.05) is 0 Å². The molecule has 0 aromatic rings. The Kier molecular flexibility index (Phi) is 5.59. The van der Waals surface area contributed by atoms with Crippen LogP contribution in [-0.4, -0.2) is 24.3 Å². The number of hydrogen-bond donors (Lipinski definition) is 0. The number of carbonyl (C=O) groups excluding carboxylic acids is 2. The standard InChI is InChI=1S/C13H22O3/c1-7-8-10(11(14)9(2)3)12(15)13(4,5)16-6/h7,9-10H,1,8H2,2-6H3. The summed E-state index contributed by atoms with van der Waals surface area (Å²) in [6, 6.07) is 0. The summed E-state index contributed by atoms with van der Waals surface area (Å²) in [6.07, 6.45) is 1.98. The van der Waals surface area contributed by atoms with Crippen LogP contribution in [0, 0.1) is 11.8 Å². The molecule has 1 unspecified atom stereocenters. The molecule has 92 valence electrons. The molecule has 0 aliphatic heterocycles. The zero-order valence-electron chi connectivity index (χ0n) is 10.9. The molecule has 3 nitrogen and oxygen atoms in total. The van der Waals surface area contributed by atoms with Crippen LogP contribution in [0.1, 0.15) is 34.1 Å². The van der Waals surface area contributed by atoms with E-state index in [1.54, 1.807) is 33.8 Å². The van der Waals surface area contributed by atoms with Gasteiger partial charge in [-0.1, -0.05) is 19.9 Å². The number of ketones is 2. The fourth-order valence-corrected chi connectivity index (χ4v) is 1.44. The van der Waals surface area contributed by atoms with Crippen molar-refractivity contribution in [1.29, 1.82) is 0 Å². The number of hydrogen-bond acceptors (Lipinski definition) is 3. The van der Waals surface area contributed by atoms with Gasteiger partial charge < -0.3 is 4.74 Å². The highest BCUT2D eigenvalue weighted by Crippen LogP contribution is 2.21. The second kappa shape index (κ2) is 5.94. The first kappa shape index (κ1) is 15.0. The van der Waals surface area contributed by atoms with Crippen molar-refractivity contribution in [2.24, 2.45) is 11.8 Å². The van der Waals surface area contributed by atoms with Crippen LogP contribution in [0.2, 0.25) is 0 Å². The maximum absolute atomic E-state index is 12.1. The summed E-state index contributed by atoms with van der Waals surface area (Å²) < 4.78 is 5.12. The SMILES string of the molecule is C=CCC(C(=O)C(C)C)C(=O)C(C)(C)OC. The molecule has 0 amide bonds. The third-order valence-electron chi connectivity index (χ3n) is 2.74. The first-order valence-corrected chi connectivity index (χ1v) is 5.52. The van der Waals surface area contributed by atoms with E-state index in [-0.39, 0.29) is 17.5 Å². The van der Waals surface area contributed by atoms with Gasteiger partial charge in [-0.25, -0.2) is 0 Å². The molecule has 1 atom stereocenters. The lowest BCUT2D eigenvalue weighted by molar-refractivity contribution is -0.146. The first-order valence-electron chi connectivity index (χ1n) is 5.52. The van der Waals surface area contributed by atoms with Crippen LogP contribution < -0.4 is 0 Å². The second-order valence-electron chi connectivity index (χ2n) is 4.71. The highest BCUT2D eigenvalue weighted by Gasteiger charge is 2.37. The molecule has 0 rings (SSSR count). The number of allylic oxidation sites excluding steroid dienone is 1. The van der Waals surface area contributed by atoms with Crippen LogP contribution in [-0.2, 0) is 14.3 Å². The van der Waals surface area contributed by atoms with Crippen molar-refractivity contribution in [3.8, 4) is 0 Å². The van der Waals surface area contributed by atoms with Crippen LogP contribution in [0.25, 0.3) is 0 Å². The Morgan fingerprint density at radius 1 is 1.38 bits per heavy atom. The molecule has 0 saturated heterocycles. The summed E-state index contributed by atoms with van der Waals surface area (Å²) in [5, 5.41) is 0. The third-order valence-corrected chi connectivity index (χ3v) is 2.74. The monoisotopic (exact) mass is 226 g/mol. The van der Waals surface area contributed by atoms with E-state index in [4.69, 9.17) is 4.74 Å². The summed E-state index contributed by atoms with van der Waals surface area (Å²) in [5.41, 5.74) is -0.918. The number of methoxy groups -OCH3 is 1. The Balaban J connectivity index is 4.99. The molecule has 0 radical (unpaired) electrons. The molecule has 0 aliphatic carbocycles. The molecular weight excluding hydrogens is 204 g/mol. The van der Waals surface area contributed by atoms with Gasteiger partial charge in [0, 0.05) is 13.0 Å². The Morgan fingerprint density at radius 2 is 1.88 bits per heavy atom. The van der Waals surface area contributed by atoms with E-state index < -0.39 is 11.5 Å². The van der Waals surface area contributed by atoms with E-state index in [9.17, 15) is 9.59 Å². The molecule has 0 aromatic carbocycles. The Labute approximate surface area is 97.9 Å². The molecule has 3 heteroatoms. The number of rotatable bonds is 7. The van der Waals surface area contributed by atoms with Crippen molar-refractivity contribution in [2.75, 3.05) is 7.11 Å². The van der Waals surface area contributed by atoms with Gasteiger partial charge in [-0.3, -0.25) is 9.59 Å². The van der Waals surface area contributed by atoms with Crippen LogP contribution in [0.15, 0.2) is 12.7 Å². The normalized spacial score (nSPS) is 13.6. The molecule has 0 heterocycles. The fraction of sp³-hybridized carbons (Fsp3) is 0.692. The molecule has 0 fully saturated rings. The molecule has 0 N–H and O–H groups in total. The molecule has 16 heavy (non-hydrogen) atoms. The predicted octanol–water partition coefficient (Wildman–Crippen LogP) is 2.40. The van der Waals surface area contributed by atoms with E-state index in [0.717, 1.165) is 0 Å². The maximum Gasteiger partial charge on any atom is 0.174 e. The van der Waals surface area contributed by atoms with Gasteiger partial charge in [-0.2, -0.15) is 0 Å². The van der Waals surface area contributed by atoms with Crippen molar-refractivity contribution >= 4 is 11.6 Å². The van der Waals surface area contributed by atoms with E-state index in [0.29, 0.717) is 6.42 Å². The summed E-state index contributed by atoms with van der Waals surface area (Å²) >= 11 is 0. The minimum atomic E-state index is -0.918. The first-order chi connectivity index (χ1) is 7.27. The molecule has 0 spiro atoms. The third kappa shape index (κ3) is 3.56. The molecule has 0 aromatic heterocycles. The van der Waals surface area contributed by atoms with E-state index >= 15 is 0 Å². The van der Waals surface area contributed by atoms with Crippen LogP contribution in [0.4, 0.5) is 0 Å². The second-order valence-corrected chi connectivity index (χ2v) is 4.71. The quantitative estimate of drug-likeness (QED) is 0.494. The summed E-state index contributed by atoms with van der Waals surface area (Å²) in [7, 11) is 1.47. The van der Waals surface area contributed by atoms with Gasteiger partial charge in [0.2, 0.25) is 0 Å². The molecule has 0 saturated carbocycles. The van der Waals surface area contributed by atoms with Gasteiger partial charge in [-0.15, -0.1) is 6.58 Å². The van der Waals surface area contributed by atoms with E-state index in [1.165, 1.54) is 7.11 Å². The number of carbonyl (C=O) groups is 2. The van der Waals surface area contributed by atoms with Gasteiger partial charge in [-0.05, 0) is 20.3 Å². The average molecular weight is 226 g/mol. The predicted molar refractivity (Wildman–Crippen MR) is 64.2 cm³/mol. The van der Waals surface area contributed by atoms with Crippen LogP contribution in [0.3, 0.4) is 0 Å². The zero-order chi connectivity index (χ0) is 12.9. The largest absolute Gasteiger partial charge is 0.371 e. The van der Waals surface area contributed by atoms with Gasteiger partial charge in [0.05, 0.1) is 5.92 Å². The van der Waals surface area contributed by atoms with Gasteiger partial charge in [0.1, 0.15) is 11.4 Å². The minimum absolute atomic E-state index is 0.0463. The molecular formula is C13H22O3. The topological polar surface area (TPSA) is 43.4 Å². The number of Topliss-reactive ketones (excluding diaryl/α,β-unsaturated/α-hetero) is 2. The van der Waals surface area contributed by atoms with Crippen LogP contribution in [0.5, 0.6) is 0 Å².